The Morgan fingerprint density at radius 1 is 1.30 bits per heavy atom. The molecule has 112 valence electrons. The predicted molar refractivity (Wildman–Crippen MR) is 71.7 cm³/mol. The molecular weight excluding hydrogens is 269 g/mol. The molecule has 1 aliphatic heterocycles. The number of nitrogens with zero attached hydrogens (tertiary/aromatic N) is 1. The molecule has 1 heterocycles. The van der Waals surface area contributed by atoms with Crippen molar-refractivity contribution >= 4 is 5.69 Å². The van der Waals surface area contributed by atoms with Crippen LogP contribution in [0.15, 0.2) is 24.3 Å². The number of benzene rings is 1. The summed E-state index contributed by atoms with van der Waals surface area (Å²) in [5.41, 5.74) is 8.25. The van der Waals surface area contributed by atoms with E-state index in [-0.39, 0.29) is 12.6 Å². The topological polar surface area (TPSA) is 38.5 Å². The Kier molecular flexibility index (Phi) is 4.88. The van der Waals surface area contributed by atoms with Crippen LogP contribution < -0.4 is 10.6 Å². The van der Waals surface area contributed by atoms with E-state index < -0.39 is 12.8 Å². The lowest BCUT2D eigenvalue weighted by atomic mass is 9.97. The van der Waals surface area contributed by atoms with Crippen LogP contribution in [0.3, 0.4) is 0 Å². The highest BCUT2D eigenvalue weighted by molar-refractivity contribution is 5.56. The summed E-state index contributed by atoms with van der Waals surface area (Å²) in [6.07, 6.45) is -2.81. The quantitative estimate of drug-likeness (QED) is 0.847. The van der Waals surface area contributed by atoms with Gasteiger partial charge in [0.1, 0.15) is 6.61 Å². The molecule has 1 aromatic carbocycles. The molecule has 0 radical (unpaired) electrons. The van der Waals surface area contributed by atoms with Crippen molar-refractivity contribution in [2.24, 2.45) is 5.73 Å². The Morgan fingerprint density at radius 3 is 2.80 bits per heavy atom. The Morgan fingerprint density at radius 2 is 2.05 bits per heavy atom. The number of hydrogen-bond donors (Lipinski definition) is 1. The minimum absolute atomic E-state index is 0.0453. The smallest absolute Gasteiger partial charge is 0.372 e. The molecule has 0 saturated carbocycles. The minimum Gasteiger partial charge on any atom is -0.372 e. The highest BCUT2D eigenvalue weighted by atomic mass is 19.4. The Hall–Kier alpha value is -1.27. The molecular formula is C14H19F3N2O. The zero-order chi connectivity index (χ0) is 14.6. The van der Waals surface area contributed by atoms with Crippen LogP contribution in [-0.2, 0) is 4.74 Å². The summed E-state index contributed by atoms with van der Waals surface area (Å²) in [6, 6.07) is 7.96. The summed E-state index contributed by atoms with van der Waals surface area (Å²) in [4.78, 5) is 2.16. The van der Waals surface area contributed by atoms with Crippen molar-refractivity contribution in [2.45, 2.75) is 25.1 Å². The molecule has 20 heavy (non-hydrogen) atoms. The van der Waals surface area contributed by atoms with Gasteiger partial charge in [-0.2, -0.15) is 13.2 Å². The Labute approximate surface area is 116 Å². The maximum atomic E-state index is 11.9. The van der Waals surface area contributed by atoms with Crippen LogP contribution in [0.5, 0.6) is 0 Å². The molecule has 3 nitrogen and oxygen atoms in total. The molecule has 0 aromatic heterocycles. The second kappa shape index (κ2) is 6.45. The van der Waals surface area contributed by atoms with E-state index in [1.807, 2.05) is 24.3 Å². The zero-order valence-corrected chi connectivity index (χ0v) is 11.2. The van der Waals surface area contributed by atoms with Gasteiger partial charge in [0.25, 0.3) is 0 Å². The van der Waals surface area contributed by atoms with Crippen LogP contribution in [0, 0.1) is 0 Å². The molecule has 1 aromatic rings. The summed E-state index contributed by atoms with van der Waals surface area (Å²) in [5, 5.41) is 0. The lowest BCUT2D eigenvalue weighted by Crippen LogP contribution is -2.34. The monoisotopic (exact) mass is 288 g/mol. The summed E-state index contributed by atoms with van der Waals surface area (Å²) in [6.45, 7) is 0.456. The van der Waals surface area contributed by atoms with Crippen molar-refractivity contribution in [3.05, 3.63) is 29.8 Å². The zero-order valence-electron chi connectivity index (χ0n) is 11.2. The number of ether oxygens (including phenoxy) is 1. The number of halogens is 3. The summed E-state index contributed by atoms with van der Waals surface area (Å²) < 4.78 is 40.4. The second-order valence-corrected chi connectivity index (χ2v) is 4.96. The minimum atomic E-state index is -4.25. The highest BCUT2D eigenvalue weighted by Crippen LogP contribution is 2.31. The van der Waals surface area contributed by atoms with Crippen LogP contribution in [-0.4, -0.2) is 32.5 Å². The molecule has 1 atom stereocenters. The molecule has 0 saturated heterocycles. The first-order valence-corrected chi connectivity index (χ1v) is 6.71. The lowest BCUT2D eigenvalue weighted by Gasteiger charge is -2.34. The molecule has 1 aliphatic rings. The summed E-state index contributed by atoms with van der Waals surface area (Å²) in [7, 11) is 0. The predicted octanol–water partition coefficient (Wildman–Crippen LogP) is 2.87. The largest absolute Gasteiger partial charge is 0.411 e. The van der Waals surface area contributed by atoms with Gasteiger partial charge in [-0.3, -0.25) is 0 Å². The molecule has 0 spiro atoms. The first-order valence-electron chi connectivity index (χ1n) is 6.71. The molecule has 6 heteroatoms. The van der Waals surface area contributed by atoms with Crippen molar-refractivity contribution in [3.63, 3.8) is 0 Å². The van der Waals surface area contributed by atoms with E-state index in [0.717, 1.165) is 24.2 Å². The van der Waals surface area contributed by atoms with Gasteiger partial charge in [-0.1, -0.05) is 18.2 Å². The van der Waals surface area contributed by atoms with E-state index in [0.29, 0.717) is 13.0 Å². The van der Waals surface area contributed by atoms with Crippen molar-refractivity contribution in [1.29, 1.82) is 0 Å². The first-order chi connectivity index (χ1) is 9.47. The fourth-order valence-corrected chi connectivity index (χ4v) is 2.44. The van der Waals surface area contributed by atoms with E-state index in [2.05, 4.69) is 9.64 Å². The van der Waals surface area contributed by atoms with Crippen LogP contribution in [0.2, 0.25) is 0 Å². The van der Waals surface area contributed by atoms with Crippen molar-refractivity contribution in [1.82, 2.24) is 0 Å². The van der Waals surface area contributed by atoms with E-state index in [1.165, 1.54) is 0 Å². The third-order valence-corrected chi connectivity index (χ3v) is 3.37. The first kappa shape index (κ1) is 15.1. The number of alkyl halides is 3. The fourth-order valence-electron chi connectivity index (χ4n) is 2.44. The SMILES string of the molecule is NC1CCN(CCCOCC(F)(F)F)c2ccccc21. The van der Waals surface area contributed by atoms with E-state index in [9.17, 15) is 13.2 Å². The Balaban J connectivity index is 1.81. The van der Waals surface area contributed by atoms with Gasteiger partial charge in [0.2, 0.25) is 0 Å². The van der Waals surface area contributed by atoms with E-state index in [1.54, 1.807) is 0 Å². The van der Waals surface area contributed by atoms with E-state index in [4.69, 9.17) is 5.73 Å². The van der Waals surface area contributed by atoms with Gasteiger partial charge >= 0.3 is 6.18 Å². The second-order valence-electron chi connectivity index (χ2n) is 4.96. The molecule has 2 rings (SSSR count). The van der Waals surface area contributed by atoms with Gasteiger partial charge in [0.05, 0.1) is 0 Å². The number of para-hydroxylation sites is 1. The number of rotatable bonds is 5. The number of hydrogen-bond acceptors (Lipinski definition) is 3. The normalized spacial score (nSPS) is 19.0. The Bertz CT molecular complexity index is 437. The van der Waals surface area contributed by atoms with Crippen molar-refractivity contribution in [2.75, 3.05) is 31.2 Å². The summed E-state index contributed by atoms with van der Waals surface area (Å²) in [5.74, 6) is 0. The van der Waals surface area contributed by atoms with Gasteiger partial charge in [0, 0.05) is 31.4 Å². The molecule has 0 fully saturated rings. The molecule has 0 amide bonds. The van der Waals surface area contributed by atoms with E-state index >= 15 is 0 Å². The number of fused-ring (bicyclic) bond motifs is 1. The van der Waals surface area contributed by atoms with Crippen LogP contribution in [0.1, 0.15) is 24.4 Å². The molecule has 0 aliphatic carbocycles. The molecule has 0 bridgehead atoms. The maximum Gasteiger partial charge on any atom is 0.411 e. The highest BCUT2D eigenvalue weighted by Gasteiger charge is 2.27. The van der Waals surface area contributed by atoms with Gasteiger partial charge in [0.15, 0.2) is 0 Å². The van der Waals surface area contributed by atoms with Gasteiger partial charge in [-0.15, -0.1) is 0 Å². The average molecular weight is 288 g/mol. The van der Waals surface area contributed by atoms with Crippen molar-refractivity contribution in [3.8, 4) is 0 Å². The third-order valence-electron chi connectivity index (χ3n) is 3.37. The molecule has 2 N–H and O–H groups in total. The lowest BCUT2D eigenvalue weighted by molar-refractivity contribution is -0.173. The van der Waals surface area contributed by atoms with Gasteiger partial charge in [-0.05, 0) is 24.5 Å². The third kappa shape index (κ3) is 4.11. The van der Waals surface area contributed by atoms with Gasteiger partial charge in [-0.25, -0.2) is 0 Å². The number of nitrogens with two attached hydrogens (primary N) is 1. The summed E-state index contributed by atoms with van der Waals surface area (Å²) >= 11 is 0. The maximum absolute atomic E-state index is 11.9. The number of anilines is 1. The fraction of sp³-hybridized carbons (Fsp3) is 0.571. The van der Waals surface area contributed by atoms with Crippen LogP contribution in [0.4, 0.5) is 18.9 Å². The standard InChI is InChI=1S/C14H19F3N2O/c15-14(16,17)10-20-9-3-7-19-8-6-12(18)11-4-1-2-5-13(11)19/h1-2,4-5,12H,3,6-10,18H2. The van der Waals surface area contributed by atoms with Gasteiger partial charge < -0.3 is 15.4 Å². The molecule has 1 unspecified atom stereocenters. The van der Waals surface area contributed by atoms with Crippen molar-refractivity contribution < 1.29 is 17.9 Å². The van der Waals surface area contributed by atoms with Crippen LogP contribution in [0.25, 0.3) is 0 Å². The average Bonchev–Trinajstić information content (AvgIpc) is 2.40. The van der Waals surface area contributed by atoms with Crippen LogP contribution >= 0.6 is 0 Å².